The molecule has 1 aliphatic carbocycles. The summed E-state index contributed by atoms with van der Waals surface area (Å²) in [6, 6.07) is 6.79. The standard InChI is InChI=1S/C15H22BrNO/c1-10(2)8-11(18)9-17-15-7-6-12-13(15)4-3-5-14(12)16/h3-5,10-11,15,17-18H,6-9H2,1-2H3. The van der Waals surface area contributed by atoms with E-state index in [9.17, 15) is 5.11 Å². The number of aliphatic hydroxyl groups excluding tert-OH is 1. The zero-order valence-electron chi connectivity index (χ0n) is 11.1. The summed E-state index contributed by atoms with van der Waals surface area (Å²) in [6.45, 7) is 4.98. The maximum atomic E-state index is 9.91. The van der Waals surface area contributed by atoms with Crippen LogP contribution in [0.3, 0.4) is 0 Å². The first-order valence-electron chi connectivity index (χ1n) is 6.76. The van der Waals surface area contributed by atoms with E-state index >= 15 is 0 Å². The minimum absolute atomic E-state index is 0.235. The molecule has 0 heterocycles. The lowest BCUT2D eigenvalue weighted by molar-refractivity contribution is 0.142. The van der Waals surface area contributed by atoms with Crippen LogP contribution in [-0.2, 0) is 6.42 Å². The number of rotatable bonds is 5. The lowest BCUT2D eigenvalue weighted by Crippen LogP contribution is -2.30. The van der Waals surface area contributed by atoms with Crippen LogP contribution in [0.5, 0.6) is 0 Å². The molecule has 2 atom stereocenters. The van der Waals surface area contributed by atoms with Crippen molar-refractivity contribution >= 4 is 15.9 Å². The van der Waals surface area contributed by atoms with Crippen LogP contribution in [0.25, 0.3) is 0 Å². The summed E-state index contributed by atoms with van der Waals surface area (Å²) in [5.41, 5.74) is 2.81. The van der Waals surface area contributed by atoms with E-state index in [0.29, 0.717) is 18.5 Å². The van der Waals surface area contributed by atoms with Crippen molar-refractivity contribution < 1.29 is 5.11 Å². The number of hydrogen-bond acceptors (Lipinski definition) is 2. The highest BCUT2D eigenvalue weighted by molar-refractivity contribution is 9.10. The van der Waals surface area contributed by atoms with E-state index in [0.717, 1.165) is 19.3 Å². The van der Waals surface area contributed by atoms with Crippen LogP contribution in [0.1, 0.15) is 43.9 Å². The fraction of sp³-hybridized carbons (Fsp3) is 0.600. The molecule has 0 aromatic heterocycles. The molecular weight excluding hydrogens is 290 g/mol. The molecule has 0 bridgehead atoms. The fourth-order valence-electron chi connectivity index (χ4n) is 2.73. The molecule has 2 rings (SSSR count). The lowest BCUT2D eigenvalue weighted by atomic mass is 10.0. The Kier molecular flexibility index (Phi) is 4.82. The molecule has 1 aromatic rings. The first-order chi connectivity index (χ1) is 8.58. The van der Waals surface area contributed by atoms with Gasteiger partial charge in [0.25, 0.3) is 0 Å². The Balaban J connectivity index is 1.92. The Bertz CT molecular complexity index is 405. The fourth-order valence-corrected chi connectivity index (χ4v) is 3.31. The van der Waals surface area contributed by atoms with E-state index in [1.165, 1.54) is 15.6 Å². The topological polar surface area (TPSA) is 32.3 Å². The van der Waals surface area contributed by atoms with Crippen LogP contribution in [0.4, 0.5) is 0 Å². The highest BCUT2D eigenvalue weighted by atomic mass is 79.9. The SMILES string of the molecule is CC(C)CC(O)CNC1CCc2c(Br)cccc21. The first-order valence-corrected chi connectivity index (χ1v) is 7.56. The minimum Gasteiger partial charge on any atom is -0.392 e. The first kappa shape index (κ1) is 14.0. The minimum atomic E-state index is -0.235. The molecule has 1 aliphatic rings. The summed E-state index contributed by atoms with van der Waals surface area (Å²) in [7, 11) is 0. The van der Waals surface area contributed by atoms with Gasteiger partial charge in [-0.25, -0.2) is 0 Å². The van der Waals surface area contributed by atoms with Crippen molar-refractivity contribution in [2.75, 3.05) is 6.54 Å². The third-order valence-corrected chi connectivity index (χ3v) is 4.30. The molecule has 0 spiro atoms. The molecule has 0 amide bonds. The molecule has 100 valence electrons. The summed E-state index contributed by atoms with van der Waals surface area (Å²) >= 11 is 3.61. The molecule has 2 nitrogen and oxygen atoms in total. The maximum absolute atomic E-state index is 9.91. The second-order valence-corrected chi connectivity index (χ2v) is 6.44. The molecule has 2 N–H and O–H groups in total. The van der Waals surface area contributed by atoms with Crippen LogP contribution < -0.4 is 5.32 Å². The average molecular weight is 312 g/mol. The summed E-state index contributed by atoms with van der Waals surface area (Å²) in [6.07, 6.45) is 2.88. The molecular formula is C15H22BrNO. The van der Waals surface area contributed by atoms with Crippen molar-refractivity contribution in [1.29, 1.82) is 0 Å². The predicted molar refractivity (Wildman–Crippen MR) is 78.7 cm³/mol. The van der Waals surface area contributed by atoms with Gasteiger partial charge in [-0.1, -0.05) is 41.9 Å². The summed E-state index contributed by atoms with van der Waals surface area (Å²) < 4.78 is 1.21. The normalized spacial score (nSPS) is 20.2. The van der Waals surface area contributed by atoms with Crippen molar-refractivity contribution in [3.8, 4) is 0 Å². The zero-order chi connectivity index (χ0) is 13.1. The molecule has 0 saturated heterocycles. The van der Waals surface area contributed by atoms with Crippen LogP contribution in [0.2, 0.25) is 0 Å². The Morgan fingerprint density at radius 1 is 1.44 bits per heavy atom. The van der Waals surface area contributed by atoms with E-state index in [1.54, 1.807) is 0 Å². The maximum Gasteiger partial charge on any atom is 0.0667 e. The Hall–Kier alpha value is -0.380. The van der Waals surface area contributed by atoms with Gasteiger partial charge in [-0.05, 0) is 42.4 Å². The summed E-state index contributed by atoms with van der Waals surface area (Å²) in [4.78, 5) is 0. The second kappa shape index (κ2) is 6.18. The predicted octanol–water partition coefficient (Wildman–Crippen LogP) is 3.43. The van der Waals surface area contributed by atoms with Gasteiger partial charge in [0, 0.05) is 17.1 Å². The molecule has 3 heteroatoms. The van der Waals surface area contributed by atoms with Gasteiger partial charge in [-0.3, -0.25) is 0 Å². The Morgan fingerprint density at radius 3 is 2.94 bits per heavy atom. The van der Waals surface area contributed by atoms with E-state index < -0.39 is 0 Å². The van der Waals surface area contributed by atoms with Crippen molar-refractivity contribution in [1.82, 2.24) is 5.32 Å². The number of fused-ring (bicyclic) bond motifs is 1. The van der Waals surface area contributed by atoms with Crippen molar-refractivity contribution in [3.05, 3.63) is 33.8 Å². The van der Waals surface area contributed by atoms with Gasteiger partial charge < -0.3 is 10.4 Å². The average Bonchev–Trinajstić information content (AvgIpc) is 2.70. The quantitative estimate of drug-likeness (QED) is 0.873. The smallest absolute Gasteiger partial charge is 0.0667 e. The number of hydrogen-bond donors (Lipinski definition) is 2. The monoisotopic (exact) mass is 311 g/mol. The Morgan fingerprint density at radius 2 is 2.22 bits per heavy atom. The van der Waals surface area contributed by atoms with Gasteiger partial charge in [-0.2, -0.15) is 0 Å². The van der Waals surface area contributed by atoms with Crippen LogP contribution in [0.15, 0.2) is 22.7 Å². The van der Waals surface area contributed by atoms with Gasteiger partial charge in [-0.15, -0.1) is 0 Å². The molecule has 0 radical (unpaired) electrons. The molecule has 0 fully saturated rings. The largest absolute Gasteiger partial charge is 0.392 e. The number of aliphatic hydroxyl groups is 1. The van der Waals surface area contributed by atoms with Crippen molar-refractivity contribution in [2.45, 2.75) is 45.3 Å². The highest BCUT2D eigenvalue weighted by Gasteiger charge is 2.24. The summed E-state index contributed by atoms with van der Waals surface area (Å²) in [5, 5.41) is 13.4. The number of benzene rings is 1. The number of halogens is 1. The molecule has 1 aromatic carbocycles. The third-order valence-electron chi connectivity index (χ3n) is 3.56. The second-order valence-electron chi connectivity index (χ2n) is 5.59. The molecule has 18 heavy (non-hydrogen) atoms. The molecule has 0 saturated carbocycles. The van der Waals surface area contributed by atoms with Crippen molar-refractivity contribution in [2.24, 2.45) is 5.92 Å². The van der Waals surface area contributed by atoms with E-state index in [1.807, 2.05) is 0 Å². The third kappa shape index (κ3) is 3.34. The van der Waals surface area contributed by atoms with Crippen molar-refractivity contribution in [3.63, 3.8) is 0 Å². The van der Waals surface area contributed by atoms with Gasteiger partial charge in [0.2, 0.25) is 0 Å². The molecule has 2 unspecified atom stereocenters. The zero-order valence-corrected chi connectivity index (χ0v) is 12.7. The van der Waals surface area contributed by atoms with E-state index in [2.05, 4.69) is 53.3 Å². The summed E-state index contributed by atoms with van der Waals surface area (Å²) in [5.74, 6) is 0.548. The molecule has 0 aliphatic heterocycles. The van der Waals surface area contributed by atoms with Gasteiger partial charge in [0.05, 0.1) is 6.10 Å². The number of nitrogens with one attached hydrogen (secondary N) is 1. The van der Waals surface area contributed by atoms with Gasteiger partial charge in [0.1, 0.15) is 0 Å². The van der Waals surface area contributed by atoms with E-state index in [-0.39, 0.29) is 6.10 Å². The van der Waals surface area contributed by atoms with Gasteiger partial charge >= 0.3 is 0 Å². The Labute approximate surface area is 118 Å². The van der Waals surface area contributed by atoms with Crippen LogP contribution in [-0.4, -0.2) is 17.8 Å². The van der Waals surface area contributed by atoms with Crippen LogP contribution >= 0.6 is 15.9 Å². The van der Waals surface area contributed by atoms with E-state index in [4.69, 9.17) is 0 Å². The van der Waals surface area contributed by atoms with Gasteiger partial charge in [0.15, 0.2) is 0 Å². The lowest BCUT2D eigenvalue weighted by Gasteiger charge is -2.18. The van der Waals surface area contributed by atoms with Crippen LogP contribution in [0, 0.1) is 5.92 Å². The highest BCUT2D eigenvalue weighted by Crippen LogP contribution is 2.35.